The van der Waals surface area contributed by atoms with E-state index in [1.165, 1.54) is 11.1 Å². The molecule has 3 nitrogen and oxygen atoms in total. The molecule has 0 spiro atoms. The predicted octanol–water partition coefficient (Wildman–Crippen LogP) is 3.64. The molecule has 0 aliphatic carbocycles. The van der Waals surface area contributed by atoms with E-state index in [1.54, 1.807) is 0 Å². The molecule has 2 aromatic rings. The Morgan fingerprint density at radius 1 is 1.00 bits per heavy atom. The Morgan fingerprint density at radius 2 is 1.68 bits per heavy atom. The van der Waals surface area contributed by atoms with Gasteiger partial charge in [0.25, 0.3) is 5.91 Å². The quantitative estimate of drug-likeness (QED) is 0.776. The van der Waals surface area contributed by atoms with Crippen LogP contribution in [0.4, 0.5) is 17.1 Å². The third kappa shape index (κ3) is 1.78. The van der Waals surface area contributed by atoms with Gasteiger partial charge < -0.3 is 10.2 Å². The molecular weight excluding hydrogens is 236 g/mol. The molecule has 0 atom stereocenters. The lowest BCUT2D eigenvalue weighted by Gasteiger charge is -2.21. The first kappa shape index (κ1) is 11.8. The van der Waals surface area contributed by atoms with Crippen molar-refractivity contribution in [2.24, 2.45) is 0 Å². The number of nitrogens with zero attached hydrogens (tertiary/aromatic N) is 1. The van der Waals surface area contributed by atoms with Gasteiger partial charge in [0.05, 0.1) is 22.6 Å². The molecule has 19 heavy (non-hydrogen) atoms. The van der Waals surface area contributed by atoms with Crippen molar-refractivity contribution in [3.63, 3.8) is 0 Å². The van der Waals surface area contributed by atoms with Gasteiger partial charge in [0.2, 0.25) is 0 Å². The van der Waals surface area contributed by atoms with Gasteiger partial charge in [-0.1, -0.05) is 12.1 Å². The Labute approximate surface area is 112 Å². The monoisotopic (exact) mass is 252 g/mol. The van der Waals surface area contributed by atoms with Gasteiger partial charge in [-0.05, 0) is 49.2 Å². The molecule has 0 saturated heterocycles. The third-order valence-electron chi connectivity index (χ3n) is 3.73. The fourth-order valence-electron chi connectivity index (χ4n) is 2.46. The average molecular weight is 252 g/mol. The van der Waals surface area contributed by atoms with E-state index in [0.717, 1.165) is 17.1 Å². The van der Waals surface area contributed by atoms with Gasteiger partial charge in [-0.25, -0.2) is 0 Å². The second-order valence-corrected chi connectivity index (χ2v) is 4.98. The van der Waals surface area contributed by atoms with Crippen LogP contribution in [0.5, 0.6) is 0 Å². The standard InChI is InChI=1S/C16H16N2O/c1-10-8-13-15(9-11(10)2)18(3)14-7-5-4-6-12(14)16(19)17-13/h4-9H,1-3H3,(H,17,19). The third-order valence-corrected chi connectivity index (χ3v) is 3.73. The minimum atomic E-state index is -0.0514. The van der Waals surface area contributed by atoms with Gasteiger partial charge in [0.1, 0.15) is 0 Å². The van der Waals surface area contributed by atoms with Crippen molar-refractivity contribution < 1.29 is 4.79 Å². The molecule has 0 saturated carbocycles. The Balaban J connectivity index is 2.26. The van der Waals surface area contributed by atoms with Crippen LogP contribution in [0.1, 0.15) is 21.5 Å². The Bertz CT molecular complexity index is 676. The summed E-state index contributed by atoms with van der Waals surface area (Å²) in [5.74, 6) is -0.0514. The van der Waals surface area contributed by atoms with Crippen LogP contribution in [0.2, 0.25) is 0 Å². The van der Waals surface area contributed by atoms with Gasteiger partial charge in [-0.15, -0.1) is 0 Å². The maximum absolute atomic E-state index is 12.3. The number of benzene rings is 2. The number of rotatable bonds is 0. The van der Waals surface area contributed by atoms with Crippen molar-refractivity contribution in [3.8, 4) is 0 Å². The lowest BCUT2D eigenvalue weighted by atomic mass is 10.1. The predicted molar refractivity (Wildman–Crippen MR) is 78.4 cm³/mol. The number of para-hydroxylation sites is 1. The summed E-state index contributed by atoms with van der Waals surface area (Å²) in [6, 6.07) is 11.8. The highest BCUT2D eigenvalue weighted by molar-refractivity contribution is 6.12. The lowest BCUT2D eigenvalue weighted by molar-refractivity contribution is 0.102. The van der Waals surface area contributed by atoms with Gasteiger partial charge in [0.15, 0.2) is 0 Å². The number of aryl methyl sites for hydroxylation is 2. The average Bonchev–Trinajstić information content (AvgIpc) is 2.50. The first-order valence-corrected chi connectivity index (χ1v) is 6.33. The second-order valence-electron chi connectivity index (χ2n) is 4.98. The Morgan fingerprint density at radius 3 is 2.47 bits per heavy atom. The first-order valence-electron chi connectivity index (χ1n) is 6.33. The number of carbonyl (C=O) groups is 1. The van der Waals surface area contributed by atoms with Crippen LogP contribution in [0, 0.1) is 13.8 Å². The van der Waals surface area contributed by atoms with Gasteiger partial charge in [0, 0.05) is 7.05 Å². The van der Waals surface area contributed by atoms with Crippen LogP contribution < -0.4 is 10.2 Å². The van der Waals surface area contributed by atoms with Crippen LogP contribution in [-0.2, 0) is 0 Å². The lowest BCUT2D eigenvalue weighted by Crippen LogP contribution is -2.11. The number of nitrogens with one attached hydrogen (secondary N) is 1. The number of hydrogen-bond acceptors (Lipinski definition) is 2. The summed E-state index contributed by atoms with van der Waals surface area (Å²) in [7, 11) is 1.99. The molecule has 0 bridgehead atoms. The second kappa shape index (κ2) is 4.12. The van der Waals surface area contributed by atoms with E-state index in [9.17, 15) is 4.79 Å². The highest BCUT2D eigenvalue weighted by Gasteiger charge is 2.22. The summed E-state index contributed by atoms with van der Waals surface area (Å²) in [6.07, 6.45) is 0. The van der Waals surface area contributed by atoms with Crippen molar-refractivity contribution in [1.82, 2.24) is 0 Å². The van der Waals surface area contributed by atoms with Crippen LogP contribution in [0.3, 0.4) is 0 Å². The molecule has 1 aliphatic rings. The highest BCUT2D eigenvalue weighted by atomic mass is 16.1. The molecule has 0 unspecified atom stereocenters. The summed E-state index contributed by atoms with van der Waals surface area (Å²) < 4.78 is 0. The maximum Gasteiger partial charge on any atom is 0.257 e. The Hall–Kier alpha value is -2.29. The summed E-state index contributed by atoms with van der Waals surface area (Å²) in [4.78, 5) is 14.3. The fourth-order valence-corrected chi connectivity index (χ4v) is 2.46. The van der Waals surface area contributed by atoms with E-state index in [2.05, 4.69) is 30.1 Å². The number of anilines is 3. The first-order chi connectivity index (χ1) is 9.08. The molecule has 1 amide bonds. The van der Waals surface area contributed by atoms with E-state index < -0.39 is 0 Å². The van der Waals surface area contributed by atoms with Crippen molar-refractivity contribution in [2.45, 2.75) is 13.8 Å². The van der Waals surface area contributed by atoms with E-state index in [4.69, 9.17) is 0 Å². The molecule has 3 rings (SSSR count). The van der Waals surface area contributed by atoms with Crippen molar-refractivity contribution in [2.75, 3.05) is 17.3 Å². The van der Waals surface area contributed by atoms with Gasteiger partial charge in [-0.2, -0.15) is 0 Å². The molecule has 0 aromatic heterocycles. The molecule has 96 valence electrons. The zero-order valence-corrected chi connectivity index (χ0v) is 11.3. The number of hydrogen-bond donors (Lipinski definition) is 1. The summed E-state index contributed by atoms with van der Waals surface area (Å²) in [5.41, 5.74) is 5.93. The summed E-state index contributed by atoms with van der Waals surface area (Å²) >= 11 is 0. The molecular formula is C16H16N2O. The van der Waals surface area contributed by atoms with Crippen LogP contribution in [0.25, 0.3) is 0 Å². The highest BCUT2D eigenvalue weighted by Crippen LogP contribution is 2.37. The van der Waals surface area contributed by atoms with Gasteiger partial charge in [-0.3, -0.25) is 4.79 Å². The van der Waals surface area contributed by atoms with Gasteiger partial charge >= 0.3 is 0 Å². The minimum Gasteiger partial charge on any atom is -0.342 e. The zero-order valence-electron chi connectivity index (χ0n) is 11.3. The molecule has 0 fully saturated rings. The molecule has 3 heteroatoms. The van der Waals surface area contributed by atoms with Crippen LogP contribution >= 0.6 is 0 Å². The van der Waals surface area contributed by atoms with E-state index >= 15 is 0 Å². The topological polar surface area (TPSA) is 32.3 Å². The summed E-state index contributed by atoms with van der Waals surface area (Å²) in [5, 5.41) is 3.00. The van der Waals surface area contributed by atoms with E-state index in [-0.39, 0.29) is 5.91 Å². The molecule has 1 heterocycles. The Kier molecular flexibility index (Phi) is 2.56. The molecule has 1 N–H and O–H groups in total. The normalized spacial score (nSPS) is 13.4. The minimum absolute atomic E-state index is 0.0514. The van der Waals surface area contributed by atoms with Crippen LogP contribution in [0.15, 0.2) is 36.4 Å². The number of carbonyl (C=O) groups excluding carboxylic acids is 1. The van der Waals surface area contributed by atoms with E-state index in [1.807, 2.05) is 37.4 Å². The number of fused-ring (bicyclic) bond motifs is 2. The largest absolute Gasteiger partial charge is 0.342 e. The molecule has 1 aliphatic heterocycles. The van der Waals surface area contributed by atoms with Crippen molar-refractivity contribution in [3.05, 3.63) is 53.1 Å². The van der Waals surface area contributed by atoms with E-state index in [0.29, 0.717) is 5.56 Å². The van der Waals surface area contributed by atoms with Crippen LogP contribution in [-0.4, -0.2) is 13.0 Å². The zero-order chi connectivity index (χ0) is 13.6. The maximum atomic E-state index is 12.3. The molecule has 2 aromatic carbocycles. The van der Waals surface area contributed by atoms with Crippen molar-refractivity contribution in [1.29, 1.82) is 0 Å². The smallest absolute Gasteiger partial charge is 0.257 e. The fraction of sp³-hybridized carbons (Fsp3) is 0.188. The number of amides is 1. The summed E-state index contributed by atoms with van der Waals surface area (Å²) in [6.45, 7) is 4.14. The SMILES string of the molecule is Cc1cc2c(cc1C)N(C)c1ccccc1C(=O)N2. The molecule has 0 radical (unpaired) electrons. The van der Waals surface area contributed by atoms with Crippen molar-refractivity contribution >= 4 is 23.0 Å².